The molecule has 0 heterocycles. The zero-order valence-corrected chi connectivity index (χ0v) is 11.9. The minimum atomic E-state index is -0.164. The predicted octanol–water partition coefficient (Wildman–Crippen LogP) is 3.31. The normalized spacial score (nSPS) is 10.6. The molecule has 1 N–H and O–H groups in total. The second-order valence-corrected chi connectivity index (χ2v) is 4.32. The van der Waals surface area contributed by atoms with E-state index in [1.807, 2.05) is 0 Å². The number of phenols is 1. The monoisotopic (exact) mass is 284 g/mol. The van der Waals surface area contributed by atoms with Crippen LogP contribution in [0, 0.1) is 0 Å². The Labute approximate surface area is 123 Å². The lowest BCUT2D eigenvalue weighted by atomic mass is 10.1. The highest BCUT2D eigenvalue weighted by Gasteiger charge is 2.06. The molecule has 0 fully saturated rings. The van der Waals surface area contributed by atoms with Gasteiger partial charge < -0.3 is 14.6 Å². The quantitative estimate of drug-likeness (QED) is 0.676. The van der Waals surface area contributed by atoms with Crippen LogP contribution < -0.4 is 9.47 Å². The minimum absolute atomic E-state index is 0.0631. The molecule has 0 aromatic heterocycles. The fraction of sp³-hybridized carbons (Fsp3) is 0.118. The first-order valence-corrected chi connectivity index (χ1v) is 6.38. The Bertz CT molecular complexity index is 657. The number of ether oxygens (including phenoxy) is 2. The summed E-state index contributed by atoms with van der Waals surface area (Å²) in [6, 6.07) is 11.8. The molecule has 0 saturated carbocycles. The molecule has 2 rings (SSSR count). The van der Waals surface area contributed by atoms with Gasteiger partial charge in [0, 0.05) is 5.56 Å². The van der Waals surface area contributed by atoms with Gasteiger partial charge >= 0.3 is 0 Å². The van der Waals surface area contributed by atoms with Crippen molar-refractivity contribution in [2.24, 2.45) is 0 Å². The Morgan fingerprint density at radius 1 is 1.05 bits per heavy atom. The van der Waals surface area contributed by atoms with Crippen LogP contribution >= 0.6 is 0 Å². The van der Waals surface area contributed by atoms with E-state index < -0.39 is 0 Å². The Hall–Kier alpha value is -2.75. The van der Waals surface area contributed by atoms with Crippen LogP contribution in [0.25, 0.3) is 6.08 Å². The standard InChI is InChI=1S/C17H16O4/c1-20-13-8-6-12(7-9-13)15(18)11-10-14-16(19)4-3-5-17(14)21-2/h3-11,19H,1-2H3/b11-10+. The van der Waals surface area contributed by atoms with E-state index in [1.54, 1.807) is 55.7 Å². The number of ketones is 1. The van der Waals surface area contributed by atoms with Crippen molar-refractivity contribution in [2.45, 2.75) is 0 Å². The van der Waals surface area contributed by atoms with Crippen LogP contribution in [0.2, 0.25) is 0 Å². The van der Waals surface area contributed by atoms with E-state index >= 15 is 0 Å². The molecule has 108 valence electrons. The van der Waals surface area contributed by atoms with E-state index in [-0.39, 0.29) is 11.5 Å². The summed E-state index contributed by atoms with van der Waals surface area (Å²) in [5, 5.41) is 9.82. The number of hydrogen-bond donors (Lipinski definition) is 1. The summed E-state index contributed by atoms with van der Waals surface area (Å²) in [6.07, 6.45) is 2.94. The molecule has 0 atom stereocenters. The molecule has 0 aliphatic rings. The van der Waals surface area contributed by atoms with Gasteiger partial charge in [-0.2, -0.15) is 0 Å². The maximum absolute atomic E-state index is 12.1. The zero-order chi connectivity index (χ0) is 15.2. The molecule has 2 aromatic rings. The smallest absolute Gasteiger partial charge is 0.185 e. The van der Waals surface area contributed by atoms with Crippen LogP contribution in [0.3, 0.4) is 0 Å². The summed E-state index contributed by atoms with van der Waals surface area (Å²) < 4.78 is 10.2. The molecule has 0 spiro atoms. The molecule has 0 aliphatic heterocycles. The Morgan fingerprint density at radius 3 is 2.38 bits per heavy atom. The van der Waals surface area contributed by atoms with Crippen molar-refractivity contribution >= 4 is 11.9 Å². The lowest BCUT2D eigenvalue weighted by molar-refractivity contribution is 0.104. The Balaban J connectivity index is 2.22. The third-order valence-corrected chi connectivity index (χ3v) is 3.04. The molecule has 0 radical (unpaired) electrons. The van der Waals surface area contributed by atoms with E-state index in [4.69, 9.17) is 9.47 Å². The van der Waals surface area contributed by atoms with Crippen molar-refractivity contribution in [3.63, 3.8) is 0 Å². The Kier molecular flexibility index (Phi) is 4.61. The van der Waals surface area contributed by atoms with E-state index in [2.05, 4.69) is 0 Å². The van der Waals surface area contributed by atoms with E-state index in [1.165, 1.54) is 13.2 Å². The SMILES string of the molecule is COc1ccc(C(=O)/C=C/c2c(O)cccc2OC)cc1. The van der Waals surface area contributed by atoms with Crippen molar-refractivity contribution in [1.29, 1.82) is 0 Å². The molecule has 0 unspecified atom stereocenters. The van der Waals surface area contributed by atoms with E-state index in [0.29, 0.717) is 22.6 Å². The van der Waals surface area contributed by atoms with Gasteiger partial charge in [0.1, 0.15) is 17.2 Å². The van der Waals surface area contributed by atoms with Gasteiger partial charge in [0.05, 0.1) is 19.8 Å². The third-order valence-electron chi connectivity index (χ3n) is 3.04. The van der Waals surface area contributed by atoms with Crippen LogP contribution in [0.5, 0.6) is 17.2 Å². The number of rotatable bonds is 5. The van der Waals surface area contributed by atoms with Gasteiger partial charge in [0.15, 0.2) is 5.78 Å². The molecular weight excluding hydrogens is 268 g/mol. The molecule has 4 nitrogen and oxygen atoms in total. The summed E-state index contributed by atoms with van der Waals surface area (Å²) in [7, 11) is 3.08. The molecule has 0 bridgehead atoms. The third kappa shape index (κ3) is 3.42. The molecule has 2 aromatic carbocycles. The average Bonchev–Trinajstić information content (AvgIpc) is 2.53. The number of benzene rings is 2. The highest BCUT2D eigenvalue weighted by atomic mass is 16.5. The second kappa shape index (κ2) is 6.61. The van der Waals surface area contributed by atoms with Crippen LogP contribution in [0.4, 0.5) is 0 Å². The number of methoxy groups -OCH3 is 2. The van der Waals surface area contributed by atoms with Gasteiger partial charge in [-0.1, -0.05) is 6.07 Å². The second-order valence-electron chi connectivity index (χ2n) is 4.32. The zero-order valence-electron chi connectivity index (χ0n) is 11.9. The van der Waals surface area contributed by atoms with Gasteiger partial charge in [-0.25, -0.2) is 0 Å². The summed E-state index contributed by atoms with van der Waals surface area (Å²) in [5.41, 5.74) is 1.02. The molecule has 21 heavy (non-hydrogen) atoms. The molecule has 4 heteroatoms. The van der Waals surface area contributed by atoms with Crippen LogP contribution in [0.15, 0.2) is 48.5 Å². The van der Waals surface area contributed by atoms with Gasteiger partial charge in [0.2, 0.25) is 0 Å². The number of carbonyl (C=O) groups excluding carboxylic acids is 1. The first kappa shape index (κ1) is 14.7. The summed E-state index contributed by atoms with van der Waals surface area (Å²) in [6.45, 7) is 0. The van der Waals surface area contributed by atoms with Gasteiger partial charge in [-0.3, -0.25) is 4.79 Å². The molecule has 0 aliphatic carbocycles. The number of allylic oxidation sites excluding steroid dienone is 1. The number of hydrogen-bond acceptors (Lipinski definition) is 4. The largest absolute Gasteiger partial charge is 0.507 e. The minimum Gasteiger partial charge on any atom is -0.507 e. The van der Waals surface area contributed by atoms with Crippen molar-refractivity contribution in [2.75, 3.05) is 14.2 Å². The highest BCUT2D eigenvalue weighted by Crippen LogP contribution is 2.28. The van der Waals surface area contributed by atoms with Gasteiger partial charge in [0.25, 0.3) is 0 Å². The van der Waals surface area contributed by atoms with Crippen molar-refractivity contribution < 1.29 is 19.4 Å². The van der Waals surface area contributed by atoms with E-state index in [0.717, 1.165) is 0 Å². The average molecular weight is 284 g/mol. The fourth-order valence-electron chi connectivity index (χ4n) is 1.89. The maximum Gasteiger partial charge on any atom is 0.185 e. The summed E-state index contributed by atoms with van der Waals surface area (Å²) in [5.74, 6) is 1.10. The molecular formula is C17H16O4. The maximum atomic E-state index is 12.1. The summed E-state index contributed by atoms with van der Waals surface area (Å²) >= 11 is 0. The molecule has 0 amide bonds. The summed E-state index contributed by atoms with van der Waals surface area (Å²) in [4.78, 5) is 12.1. The van der Waals surface area contributed by atoms with Crippen molar-refractivity contribution in [3.8, 4) is 17.2 Å². The number of carbonyl (C=O) groups is 1. The lowest BCUT2D eigenvalue weighted by Gasteiger charge is -2.06. The van der Waals surface area contributed by atoms with Crippen LogP contribution in [0.1, 0.15) is 15.9 Å². The highest BCUT2D eigenvalue weighted by molar-refractivity contribution is 6.07. The number of phenolic OH excluding ortho intramolecular Hbond substituents is 1. The van der Waals surface area contributed by atoms with Crippen molar-refractivity contribution in [3.05, 3.63) is 59.7 Å². The first-order chi connectivity index (χ1) is 10.2. The van der Waals surface area contributed by atoms with Crippen molar-refractivity contribution in [1.82, 2.24) is 0 Å². The lowest BCUT2D eigenvalue weighted by Crippen LogP contribution is -1.94. The Morgan fingerprint density at radius 2 is 1.76 bits per heavy atom. The van der Waals surface area contributed by atoms with E-state index in [9.17, 15) is 9.90 Å². The van der Waals surface area contributed by atoms with Crippen LogP contribution in [-0.2, 0) is 0 Å². The topological polar surface area (TPSA) is 55.8 Å². The van der Waals surface area contributed by atoms with Gasteiger partial charge in [-0.15, -0.1) is 0 Å². The van der Waals surface area contributed by atoms with Gasteiger partial charge in [-0.05, 0) is 48.6 Å². The first-order valence-electron chi connectivity index (χ1n) is 6.38. The predicted molar refractivity (Wildman–Crippen MR) is 81.0 cm³/mol. The fourth-order valence-corrected chi connectivity index (χ4v) is 1.89. The number of aromatic hydroxyl groups is 1. The molecule has 0 saturated heterocycles. The van der Waals surface area contributed by atoms with Crippen LogP contribution in [-0.4, -0.2) is 25.1 Å².